The number of hydrogen-bond acceptors (Lipinski definition) is 9. The van der Waals surface area contributed by atoms with Crippen molar-refractivity contribution in [1.82, 2.24) is 9.80 Å². The molecule has 8 rings (SSSR count). The maximum atomic E-state index is 11.3. The van der Waals surface area contributed by atoms with Crippen LogP contribution in [0.5, 0.6) is 51.7 Å². The Morgan fingerprint density at radius 2 is 1.45 bits per heavy atom. The minimum Gasteiger partial charge on any atom is -0.504 e. The van der Waals surface area contributed by atoms with Gasteiger partial charge in [-0.2, -0.15) is 0 Å². The van der Waals surface area contributed by atoms with E-state index >= 15 is 0 Å². The molecule has 0 saturated carbocycles. The second-order valence-corrected chi connectivity index (χ2v) is 11.7. The van der Waals surface area contributed by atoms with Crippen molar-refractivity contribution in [2.75, 3.05) is 41.4 Å². The van der Waals surface area contributed by atoms with Crippen molar-refractivity contribution >= 4 is 0 Å². The average molecular weight is 597 g/mol. The lowest BCUT2D eigenvalue weighted by atomic mass is 9.88. The van der Waals surface area contributed by atoms with Gasteiger partial charge >= 0.3 is 0 Å². The molecule has 4 aliphatic heterocycles. The fourth-order valence-electron chi connectivity index (χ4n) is 6.48. The molecule has 9 heteroatoms. The molecule has 0 amide bonds. The molecule has 0 spiro atoms. The smallest absolute Gasteiger partial charge is 0.201 e. The molecule has 4 heterocycles. The van der Waals surface area contributed by atoms with Crippen LogP contribution in [0.1, 0.15) is 40.1 Å². The monoisotopic (exact) mass is 596 g/mol. The Labute approximate surface area is 256 Å². The molecular formula is C35H36N2O7. The largest absolute Gasteiger partial charge is 0.504 e. The van der Waals surface area contributed by atoms with Gasteiger partial charge in [-0.05, 0) is 98.1 Å². The highest BCUT2D eigenvalue weighted by molar-refractivity contribution is 5.61. The van der Waals surface area contributed by atoms with Gasteiger partial charge in [-0.15, -0.1) is 0 Å². The van der Waals surface area contributed by atoms with Crippen LogP contribution in [0.4, 0.5) is 0 Å². The molecule has 4 aliphatic rings. The minimum atomic E-state index is -0.601. The van der Waals surface area contributed by atoms with E-state index in [-0.39, 0.29) is 29.0 Å². The first-order valence-electron chi connectivity index (χ1n) is 14.8. The molecule has 0 aromatic heterocycles. The highest BCUT2D eigenvalue weighted by Crippen LogP contribution is 2.50. The Bertz CT molecular complexity index is 1720. The third-order valence-corrected chi connectivity index (χ3v) is 8.97. The molecule has 2 N–H and O–H groups in total. The molecule has 4 aromatic rings. The lowest BCUT2D eigenvalue weighted by molar-refractivity contribution is 0.0330. The number of benzene rings is 4. The summed E-state index contributed by atoms with van der Waals surface area (Å²) < 4.78 is 30.7. The predicted octanol–water partition coefficient (Wildman–Crippen LogP) is 6.35. The van der Waals surface area contributed by atoms with Crippen molar-refractivity contribution in [3.05, 3.63) is 88.5 Å². The van der Waals surface area contributed by atoms with Gasteiger partial charge in [0, 0.05) is 25.2 Å². The zero-order valence-electron chi connectivity index (χ0n) is 25.3. The van der Waals surface area contributed by atoms with Crippen LogP contribution >= 0.6 is 0 Å². The van der Waals surface area contributed by atoms with Crippen molar-refractivity contribution in [3.8, 4) is 51.7 Å². The summed E-state index contributed by atoms with van der Waals surface area (Å²) >= 11 is 0. The number of phenolic OH excluding ortho intramolecular Hbond substituents is 2. The number of nitrogens with zero attached hydrogens (tertiary/aromatic N) is 2. The van der Waals surface area contributed by atoms with E-state index in [4.69, 9.17) is 23.7 Å². The van der Waals surface area contributed by atoms with Crippen LogP contribution in [-0.4, -0.2) is 61.4 Å². The summed E-state index contributed by atoms with van der Waals surface area (Å²) in [4.78, 5) is 4.41. The average Bonchev–Trinajstić information content (AvgIpc) is 3.03. The SMILES string of the molecule is COc1cc2c3cc1Oc1cc(ccc1O)O[C@@H]1c4c(cc(OC)c(O)c4Oc4ccc(cc4)C[C@@H]3N(C)CC2)CCN1C. The van der Waals surface area contributed by atoms with Crippen molar-refractivity contribution in [3.63, 3.8) is 0 Å². The van der Waals surface area contributed by atoms with Crippen LogP contribution in [0, 0.1) is 0 Å². The third kappa shape index (κ3) is 4.92. The molecule has 0 saturated heterocycles. The summed E-state index contributed by atoms with van der Waals surface area (Å²) in [5.41, 5.74) is 5.18. The van der Waals surface area contributed by atoms with E-state index in [9.17, 15) is 10.2 Å². The number of likely N-dealkylation sites (N-methyl/N-ethyl adjacent to an activating group) is 2. The van der Waals surface area contributed by atoms with E-state index in [1.807, 2.05) is 37.4 Å². The van der Waals surface area contributed by atoms with Gasteiger partial charge in [0.25, 0.3) is 0 Å². The standard InChI is InChI=1S/C35H36N2O7/c1-36-13-11-21-16-29(40-3)30-19-25(21)26(36)15-20-5-7-23(8-6-20)42-34-32-22(17-31(41-4)33(34)39)12-14-37(2)35(32)43-24-9-10-27(38)28(18-24)44-30/h5-10,16-19,26,35,38-39H,11-15H2,1-4H3/t26-,35+/m0/s1. The molecule has 2 atom stereocenters. The van der Waals surface area contributed by atoms with E-state index in [1.54, 1.807) is 25.3 Å². The fraction of sp³-hybridized carbons (Fsp3) is 0.314. The maximum Gasteiger partial charge on any atom is 0.201 e. The van der Waals surface area contributed by atoms with Crippen LogP contribution in [0.25, 0.3) is 0 Å². The Kier molecular flexibility index (Phi) is 7.14. The van der Waals surface area contributed by atoms with Gasteiger partial charge in [0.1, 0.15) is 11.5 Å². The first-order chi connectivity index (χ1) is 21.3. The summed E-state index contributed by atoms with van der Waals surface area (Å²) in [7, 11) is 7.25. The van der Waals surface area contributed by atoms with E-state index in [1.165, 1.54) is 12.7 Å². The second-order valence-electron chi connectivity index (χ2n) is 11.7. The van der Waals surface area contributed by atoms with E-state index in [2.05, 4.69) is 29.0 Å². The fourth-order valence-corrected chi connectivity index (χ4v) is 6.48. The summed E-state index contributed by atoms with van der Waals surface area (Å²) in [6.45, 7) is 1.63. The summed E-state index contributed by atoms with van der Waals surface area (Å²) in [5, 5.41) is 22.2. The Morgan fingerprint density at radius 1 is 0.750 bits per heavy atom. The first kappa shape index (κ1) is 28.2. The van der Waals surface area contributed by atoms with Gasteiger partial charge in [-0.1, -0.05) is 12.1 Å². The van der Waals surface area contributed by atoms with Gasteiger partial charge in [0.05, 0.1) is 19.8 Å². The zero-order valence-corrected chi connectivity index (χ0v) is 25.3. The molecule has 6 bridgehead atoms. The lowest BCUT2D eigenvalue weighted by Crippen LogP contribution is -2.35. The molecular weight excluding hydrogens is 560 g/mol. The maximum absolute atomic E-state index is 11.3. The van der Waals surface area contributed by atoms with Gasteiger partial charge in [-0.25, -0.2) is 0 Å². The lowest BCUT2D eigenvalue weighted by Gasteiger charge is -2.36. The highest BCUT2D eigenvalue weighted by Gasteiger charge is 2.34. The number of ether oxygens (including phenoxy) is 5. The van der Waals surface area contributed by atoms with Crippen LogP contribution < -0.4 is 23.7 Å². The van der Waals surface area contributed by atoms with Gasteiger partial charge in [0.15, 0.2) is 40.7 Å². The molecule has 4 aromatic carbocycles. The third-order valence-electron chi connectivity index (χ3n) is 8.97. The number of rotatable bonds is 2. The van der Waals surface area contributed by atoms with Gasteiger partial charge < -0.3 is 33.9 Å². The molecule has 0 fully saturated rings. The van der Waals surface area contributed by atoms with E-state index in [0.29, 0.717) is 47.3 Å². The Hall–Kier alpha value is -4.60. The topological polar surface area (TPSA) is 93.1 Å². The van der Waals surface area contributed by atoms with E-state index in [0.717, 1.165) is 36.1 Å². The molecule has 9 nitrogen and oxygen atoms in total. The van der Waals surface area contributed by atoms with Crippen molar-refractivity contribution in [1.29, 1.82) is 0 Å². The first-order valence-corrected chi connectivity index (χ1v) is 14.8. The second kappa shape index (κ2) is 11.2. The van der Waals surface area contributed by atoms with Crippen LogP contribution in [-0.2, 0) is 19.3 Å². The number of aromatic hydroxyl groups is 2. The molecule has 44 heavy (non-hydrogen) atoms. The molecule has 228 valence electrons. The summed E-state index contributed by atoms with van der Waals surface area (Å²) in [6, 6.07) is 19.0. The summed E-state index contributed by atoms with van der Waals surface area (Å²) in [5.74, 6) is 2.94. The summed E-state index contributed by atoms with van der Waals surface area (Å²) in [6.07, 6.45) is 1.78. The normalized spacial score (nSPS) is 19.5. The number of hydrogen-bond donors (Lipinski definition) is 2. The van der Waals surface area contributed by atoms with Crippen LogP contribution in [0.2, 0.25) is 0 Å². The number of methoxy groups -OCH3 is 2. The van der Waals surface area contributed by atoms with Gasteiger partial charge in [0.2, 0.25) is 5.75 Å². The quantitative estimate of drug-likeness (QED) is 0.275. The highest BCUT2D eigenvalue weighted by atomic mass is 16.5. The van der Waals surface area contributed by atoms with Crippen molar-refractivity contribution < 1.29 is 33.9 Å². The predicted molar refractivity (Wildman–Crippen MR) is 165 cm³/mol. The minimum absolute atomic E-state index is 0.0245. The number of fused-ring (bicyclic) bond motifs is 2. The Morgan fingerprint density at radius 3 is 2.23 bits per heavy atom. The van der Waals surface area contributed by atoms with Crippen molar-refractivity contribution in [2.24, 2.45) is 0 Å². The molecule has 0 unspecified atom stereocenters. The Balaban J connectivity index is 1.41. The zero-order chi connectivity index (χ0) is 30.5. The number of phenols is 2. The van der Waals surface area contributed by atoms with Crippen LogP contribution in [0.3, 0.4) is 0 Å². The van der Waals surface area contributed by atoms with Gasteiger partial charge in [-0.3, -0.25) is 9.80 Å². The molecule has 0 aliphatic carbocycles. The van der Waals surface area contributed by atoms with E-state index < -0.39 is 6.23 Å². The molecule has 0 radical (unpaired) electrons. The van der Waals surface area contributed by atoms with Crippen molar-refractivity contribution in [2.45, 2.75) is 31.5 Å². The van der Waals surface area contributed by atoms with Crippen LogP contribution in [0.15, 0.2) is 60.7 Å².